The van der Waals surface area contributed by atoms with Crippen LogP contribution in [0.5, 0.6) is 0 Å². The van der Waals surface area contributed by atoms with Crippen LogP contribution in [0.1, 0.15) is 32.1 Å². The summed E-state index contributed by atoms with van der Waals surface area (Å²) in [6.07, 6.45) is 5.45. The molecule has 1 spiro atoms. The molecule has 1 N–H and O–H groups in total. The Hall–Kier alpha value is -0.610. The Morgan fingerprint density at radius 1 is 1.24 bits per heavy atom. The van der Waals surface area contributed by atoms with Gasteiger partial charge in [-0.2, -0.15) is 0 Å². The predicted molar refractivity (Wildman–Crippen MR) is 64.7 cm³/mol. The van der Waals surface area contributed by atoms with Crippen molar-refractivity contribution in [2.45, 2.75) is 37.6 Å². The van der Waals surface area contributed by atoms with Crippen molar-refractivity contribution in [1.29, 1.82) is 0 Å². The largest absolute Gasteiger partial charge is 0.384 e. The lowest BCUT2D eigenvalue weighted by molar-refractivity contribution is -0.124. The lowest BCUT2D eigenvalue weighted by atomic mass is 9.75. The van der Waals surface area contributed by atoms with Crippen LogP contribution in [0.15, 0.2) is 0 Å². The first kappa shape index (κ1) is 12.8. The second kappa shape index (κ2) is 5.36. The first-order valence-electron chi connectivity index (χ1n) is 6.49. The third-order valence-electron chi connectivity index (χ3n) is 4.23. The number of carbonyl (C=O) groups excluding carboxylic acids is 1. The molecular formula is C13H23NO3. The summed E-state index contributed by atoms with van der Waals surface area (Å²) >= 11 is 0. The van der Waals surface area contributed by atoms with Crippen LogP contribution < -0.4 is 5.32 Å². The summed E-state index contributed by atoms with van der Waals surface area (Å²) in [5.41, 5.74) is 0.0600. The van der Waals surface area contributed by atoms with Crippen LogP contribution in [0.3, 0.4) is 0 Å². The average molecular weight is 241 g/mol. The summed E-state index contributed by atoms with van der Waals surface area (Å²) in [5.74, 6) is 0.903. The van der Waals surface area contributed by atoms with Crippen LogP contribution in [-0.4, -0.2) is 38.9 Å². The van der Waals surface area contributed by atoms with E-state index in [1.54, 1.807) is 14.2 Å². The van der Waals surface area contributed by atoms with E-state index in [-0.39, 0.29) is 17.4 Å². The molecule has 1 atom stereocenters. The molecule has 4 nitrogen and oxygen atoms in total. The smallest absolute Gasteiger partial charge is 0.225 e. The molecule has 1 saturated heterocycles. The zero-order chi connectivity index (χ0) is 12.3. The van der Waals surface area contributed by atoms with Gasteiger partial charge < -0.3 is 14.8 Å². The van der Waals surface area contributed by atoms with Crippen molar-refractivity contribution >= 4 is 5.91 Å². The van der Waals surface area contributed by atoms with Crippen molar-refractivity contribution in [3.05, 3.63) is 0 Å². The zero-order valence-corrected chi connectivity index (χ0v) is 10.8. The molecule has 2 aliphatic rings. The number of amides is 1. The lowest BCUT2D eigenvalue weighted by Gasteiger charge is -2.37. The van der Waals surface area contributed by atoms with Gasteiger partial charge in [0.25, 0.3) is 0 Å². The van der Waals surface area contributed by atoms with Gasteiger partial charge in [-0.15, -0.1) is 0 Å². The van der Waals surface area contributed by atoms with Gasteiger partial charge in [0.1, 0.15) is 0 Å². The fraction of sp³-hybridized carbons (Fsp3) is 0.923. The number of rotatable bonds is 4. The molecule has 4 heteroatoms. The number of hydrogen-bond donors (Lipinski definition) is 1. The number of hydrogen-bond acceptors (Lipinski definition) is 3. The maximum Gasteiger partial charge on any atom is 0.225 e. The Kier molecular flexibility index (Phi) is 4.05. The van der Waals surface area contributed by atoms with E-state index in [0.717, 1.165) is 38.7 Å². The van der Waals surface area contributed by atoms with Crippen molar-refractivity contribution in [3.8, 4) is 0 Å². The second-order valence-electron chi connectivity index (χ2n) is 5.52. The summed E-state index contributed by atoms with van der Waals surface area (Å²) in [6, 6.07) is 0. The highest BCUT2D eigenvalue weighted by Gasteiger charge is 2.45. The second-order valence-corrected chi connectivity index (χ2v) is 5.52. The maximum atomic E-state index is 11.8. The number of nitrogens with one attached hydrogen (secondary N) is 1. The van der Waals surface area contributed by atoms with Gasteiger partial charge in [-0.1, -0.05) is 0 Å². The molecule has 2 fully saturated rings. The fourth-order valence-corrected chi connectivity index (χ4v) is 3.28. The quantitative estimate of drug-likeness (QED) is 0.808. The summed E-state index contributed by atoms with van der Waals surface area (Å²) in [4.78, 5) is 11.8. The molecule has 1 aliphatic heterocycles. The van der Waals surface area contributed by atoms with Gasteiger partial charge in [0.05, 0.1) is 12.5 Å². The minimum atomic E-state index is 0.0546. The minimum Gasteiger partial charge on any atom is -0.384 e. The van der Waals surface area contributed by atoms with Crippen molar-refractivity contribution in [2.75, 3.05) is 27.4 Å². The first-order chi connectivity index (χ1) is 8.19. The summed E-state index contributed by atoms with van der Waals surface area (Å²) < 4.78 is 10.3. The van der Waals surface area contributed by atoms with Crippen LogP contribution >= 0.6 is 0 Å². The standard InChI is InChI=1S/C13H23NO3/c1-16-8-10-3-5-13(6-4-10)7-11(9-17-2)12(15)14-13/h10-11H,3-9H2,1-2H3,(H,14,15). The van der Waals surface area contributed by atoms with Crippen LogP contribution in [0.2, 0.25) is 0 Å². The topological polar surface area (TPSA) is 47.6 Å². The Bertz CT molecular complexity index is 272. The summed E-state index contributed by atoms with van der Waals surface area (Å²) in [5, 5.41) is 3.21. The predicted octanol–water partition coefficient (Wildman–Crippen LogP) is 1.34. The van der Waals surface area contributed by atoms with Crippen molar-refractivity contribution in [3.63, 3.8) is 0 Å². The molecule has 0 aromatic heterocycles. The number of ether oxygens (including phenoxy) is 2. The van der Waals surface area contributed by atoms with Crippen molar-refractivity contribution < 1.29 is 14.3 Å². The van der Waals surface area contributed by atoms with Crippen LogP contribution in [0.25, 0.3) is 0 Å². The molecule has 1 aliphatic carbocycles. The van der Waals surface area contributed by atoms with E-state index in [0.29, 0.717) is 12.5 Å². The Morgan fingerprint density at radius 3 is 2.47 bits per heavy atom. The molecule has 17 heavy (non-hydrogen) atoms. The Morgan fingerprint density at radius 2 is 1.88 bits per heavy atom. The lowest BCUT2D eigenvalue weighted by Crippen LogP contribution is -2.44. The molecule has 2 rings (SSSR count). The van der Waals surface area contributed by atoms with Gasteiger partial charge in [0.2, 0.25) is 5.91 Å². The molecule has 1 heterocycles. The van der Waals surface area contributed by atoms with Crippen molar-refractivity contribution in [1.82, 2.24) is 5.32 Å². The van der Waals surface area contributed by atoms with Crippen molar-refractivity contribution in [2.24, 2.45) is 11.8 Å². The highest BCUT2D eigenvalue weighted by Crippen LogP contribution is 2.40. The normalized spacial score (nSPS) is 37.4. The first-order valence-corrected chi connectivity index (χ1v) is 6.49. The van der Waals surface area contributed by atoms with E-state index >= 15 is 0 Å². The highest BCUT2D eigenvalue weighted by atomic mass is 16.5. The molecular weight excluding hydrogens is 218 g/mol. The van der Waals surface area contributed by atoms with E-state index in [4.69, 9.17) is 9.47 Å². The van der Waals surface area contributed by atoms with E-state index < -0.39 is 0 Å². The molecule has 0 aromatic rings. The van der Waals surface area contributed by atoms with Gasteiger partial charge in [0.15, 0.2) is 0 Å². The van der Waals surface area contributed by atoms with E-state index in [9.17, 15) is 4.79 Å². The van der Waals surface area contributed by atoms with Gasteiger partial charge >= 0.3 is 0 Å². The van der Waals surface area contributed by atoms with Gasteiger partial charge in [-0.25, -0.2) is 0 Å². The van der Waals surface area contributed by atoms with Crippen LogP contribution in [0, 0.1) is 11.8 Å². The minimum absolute atomic E-state index is 0.0546. The number of carbonyl (C=O) groups is 1. The third-order valence-corrected chi connectivity index (χ3v) is 4.23. The molecule has 0 bridgehead atoms. The molecule has 0 radical (unpaired) electrons. The SMILES string of the molecule is COCC1CCC2(CC1)CC(COC)C(=O)N2. The highest BCUT2D eigenvalue weighted by molar-refractivity contribution is 5.82. The molecule has 0 aromatic carbocycles. The monoisotopic (exact) mass is 241 g/mol. The maximum absolute atomic E-state index is 11.8. The fourth-order valence-electron chi connectivity index (χ4n) is 3.28. The van der Waals surface area contributed by atoms with E-state index in [1.807, 2.05) is 0 Å². The van der Waals surface area contributed by atoms with Gasteiger partial charge in [-0.05, 0) is 38.0 Å². The number of methoxy groups -OCH3 is 2. The Labute approximate surface area is 103 Å². The van der Waals surface area contributed by atoms with Crippen LogP contribution in [-0.2, 0) is 14.3 Å². The van der Waals surface area contributed by atoms with Gasteiger partial charge in [0, 0.05) is 26.4 Å². The summed E-state index contributed by atoms with van der Waals surface area (Å²) in [6.45, 7) is 1.40. The molecule has 98 valence electrons. The third kappa shape index (κ3) is 2.80. The summed E-state index contributed by atoms with van der Waals surface area (Å²) in [7, 11) is 3.42. The molecule has 1 saturated carbocycles. The van der Waals surface area contributed by atoms with E-state index in [1.165, 1.54) is 0 Å². The van der Waals surface area contributed by atoms with E-state index in [2.05, 4.69) is 5.32 Å². The average Bonchev–Trinajstić information content (AvgIpc) is 2.60. The van der Waals surface area contributed by atoms with Gasteiger partial charge in [-0.3, -0.25) is 4.79 Å². The zero-order valence-electron chi connectivity index (χ0n) is 10.8. The molecule has 1 amide bonds. The molecule has 1 unspecified atom stereocenters. The Balaban J connectivity index is 1.89. The van der Waals surface area contributed by atoms with Crippen LogP contribution in [0.4, 0.5) is 0 Å².